The fraction of sp³-hybridized carbons (Fsp3) is 0.538. The number of halogens is 1. The number of ether oxygens (including phenoxy) is 1. The van der Waals surface area contributed by atoms with Gasteiger partial charge in [-0.2, -0.15) is 0 Å². The minimum atomic E-state index is -0.146. The molecule has 17 heavy (non-hydrogen) atoms. The lowest BCUT2D eigenvalue weighted by atomic mass is 10.1. The standard InChI is InChI=1S/C13H18FNOS/c14-12-4-1-5-13(11(12)6-7-15)17-9-10-3-2-8-16-10/h1,4-5,10H,2-3,6-9,15H2. The van der Waals surface area contributed by atoms with Gasteiger partial charge in [0.05, 0.1) is 6.10 Å². The quantitative estimate of drug-likeness (QED) is 0.821. The smallest absolute Gasteiger partial charge is 0.127 e. The van der Waals surface area contributed by atoms with Crippen LogP contribution in [0.15, 0.2) is 23.1 Å². The van der Waals surface area contributed by atoms with Gasteiger partial charge >= 0.3 is 0 Å². The topological polar surface area (TPSA) is 35.2 Å². The van der Waals surface area contributed by atoms with Gasteiger partial charge in [0.2, 0.25) is 0 Å². The van der Waals surface area contributed by atoms with Crippen LogP contribution in [-0.2, 0) is 11.2 Å². The maximum atomic E-state index is 13.6. The zero-order valence-corrected chi connectivity index (χ0v) is 10.6. The summed E-state index contributed by atoms with van der Waals surface area (Å²) in [5, 5.41) is 0. The first-order valence-corrected chi connectivity index (χ1v) is 7.01. The molecule has 1 aromatic carbocycles. The second-order valence-electron chi connectivity index (χ2n) is 4.20. The van der Waals surface area contributed by atoms with E-state index >= 15 is 0 Å². The van der Waals surface area contributed by atoms with Crippen molar-refractivity contribution < 1.29 is 9.13 Å². The van der Waals surface area contributed by atoms with Crippen LogP contribution >= 0.6 is 11.8 Å². The Kier molecular flexibility index (Phi) is 4.83. The molecule has 2 N–H and O–H groups in total. The molecule has 0 aliphatic carbocycles. The van der Waals surface area contributed by atoms with Crippen molar-refractivity contribution in [1.29, 1.82) is 0 Å². The summed E-state index contributed by atoms with van der Waals surface area (Å²) in [7, 11) is 0. The summed E-state index contributed by atoms with van der Waals surface area (Å²) < 4.78 is 19.2. The Balaban J connectivity index is 2.00. The summed E-state index contributed by atoms with van der Waals surface area (Å²) >= 11 is 1.68. The lowest BCUT2D eigenvalue weighted by molar-refractivity contribution is 0.129. The summed E-state index contributed by atoms with van der Waals surface area (Å²) in [6.07, 6.45) is 3.19. The summed E-state index contributed by atoms with van der Waals surface area (Å²) in [6, 6.07) is 5.22. The Morgan fingerprint density at radius 1 is 1.47 bits per heavy atom. The first kappa shape index (κ1) is 12.9. The number of nitrogens with two attached hydrogens (primary N) is 1. The molecule has 1 heterocycles. The molecule has 4 heteroatoms. The van der Waals surface area contributed by atoms with Crippen LogP contribution in [0.4, 0.5) is 4.39 Å². The molecule has 2 nitrogen and oxygen atoms in total. The molecule has 1 atom stereocenters. The molecule has 0 saturated carbocycles. The minimum Gasteiger partial charge on any atom is -0.377 e. The third kappa shape index (κ3) is 3.44. The van der Waals surface area contributed by atoms with E-state index in [2.05, 4.69) is 0 Å². The third-order valence-corrected chi connectivity index (χ3v) is 4.15. The molecule has 0 amide bonds. The van der Waals surface area contributed by atoms with E-state index in [0.717, 1.165) is 35.7 Å². The first-order valence-electron chi connectivity index (χ1n) is 6.03. The number of rotatable bonds is 5. The summed E-state index contributed by atoms with van der Waals surface area (Å²) in [5.41, 5.74) is 6.26. The van der Waals surface area contributed by atoms with Gasteiger partial charge in [-0.05, 0) is 37.9 Å². The highest BCUT2D eigenvalue weighted by Gasteiger charge is 2.17. The molecule has 1 saturated heterocycles. The second-order valence-corrected chi connectivity index (χ2v) is 5.26. The van der Waals surface area contributed by atoms with Crippen molar-refractivity contribution in [3.05, 3.63) is 29.6 Å². The van der Waals surface area contributed by atoms with E-state index < -0.39 is 0 Å². The van der Waals surface area contributed by atoms with Gasteiger partial charge in [0.1, 0.15) is 5.82 Å². The Morgan fingerprint density at radius 2 is 2.35 bits per heavy atom. The minimum absolute atomic E-state index is 0.146. The number of hydrogen-bond donors (Lipinski definition) is 1. The summed E-state index contributed by atoms with van der Waals surface area (Å²) in [5.74, 6) is 0.758. The van der Waals surface area contributed by atoms with Gasteiger partial charge in [0.15, 0.2) is 0 Å². The normalized spacial score (nSPS) is 19.8. The van der Waals surface area contributed by atoms with Crippen molar-refractivity contribution >= 4 is 11.8 Å². The first-order chi connectivity index (χ1) is 8.31. The molecule has 1 unspecified atom stereocenters. The zero-order valence-electron chi connectivity index (χ0n) is 9.82. The number of benzene rings is 1. The van der Waals surface area contributed by atoms with E-state index in [1.807, 2.05) is 6.07 Å². The van der Waals surface area contributed by atoms with E-state index in [0.29, 0.717) is 19.1 Å². The number of hydrogen-bond acceptors (Lipinski definition) is 3. The van der Waals surface area contributed by atoms with Crippen molar-refractivity contribution in [2.24, 2.45) is 5.73 Å². The highest BCUT2D eigenvalue weighted by atomic mass is 32.2. The maximum absolute atomic E-state index is 13.6. The number of thioether (sulfide) groups is 1. The third-order valence-electron chi connectivity index (χ3n) is 2.92. The Morgan fingerprint density at radius 3 is 3.06 bits per heavy atom. The molecule has 0 spiro atoms. The highest BCUT2D eigenvalue weighted by molar-refractivity contribution is 7.99. The van der Waals surface area contributed by atoms with Crippen LogP contribution in [0.3, 0.4) is 0 Å². The average molecular weight is 255 g/mol. The van der Waals surface area contributed by atoms with Gasteiger partial charge in [-0.1, -0.05) is 6.07 Å². The second kappa shape index (κ2) is 6.38. The van der Waals surface area contributed by atoms with E-state index in [9.17, 15) is 4.39 Å². The largest absolute Gasteiger partial charge is 0.377 e. The molecule has 0 radical (unpaired) electrons. The van der Waals surface area contributed by atoms with Crippen LogP contribution in [0, 0.1) is 5.82 Å². The monoisotopic (exact) mass is 255 g/mol. The van der Waals surface area contributed by atoms with Gasteiger partial charge in [0.25, 0.3) is 0 Å². The molecule has 1 aliphatic heterocycles. The van der Waals surface area contributed by atoms with Crippen molar-refractivity contribution in [1.82, 2.24) is 0 Å². The maximum Gasteiger partial charge on any atom is 0.127 e. The van der Waals surface area contributed by atoms with E-state index in [1.165, 1.54) is 6.07 Å². The lowest BCUT2D eigenvalue weighted by Crippen LogP contribution is -2.09. The molecular formula is C13H18FNOS. The average Bonchev–Trinajstić information content (AvgIpc) is 2.83. The molecule has 2 rings (SSSR count). The van der Waals surface area contributed by atoms with Crippen molar-refractivity contribution in [3.63, 3.8) is 0 Å². The zero-order chi connectivity index (χ0) is 12.1. The van der Waals surface area contributed by atoms with E-state index in [1.54, 1.807) is 17.8 Å². The van der Waals surface area contributed by atoms with E-state index in [-0.39, 0.29) is 5.82 Å². The van der Waals surface area contributed by atoms with Crippen LogP contribution in [0.25, 0.3) is 0 Å². The van der Waals surface area contributed by atoms with E-state index in [4.69, 9.17) is 10.5 Å². The van der Waals surface area contributed by atoms with Crippen LogP contribution in [0.1, 0.15) is 18.4 Å². The van der Waals surface area contributed by atoms with Crippen molar-refractivity contribution in [3.8, 4) is 0 Å². The van der Waals surface area contributed by atoms with Crippen LogP contribution in [0.5, 0.6) is 0 Å². The van der Waals surface area contributed by atoms with Gasteiger partial charge < -0.3 is 10.5 Å². The van der Waals surface area contributed by atoms with Crippen LogP contribution in [0.2, 0.25) is 0 Å². The molecular weight excluding hydrogens is 237 g/mol. The summed E-state index contributed by atoms with van der Waals surface area (Å²) in [6.45, 7) is 1.35. The van der Waals surface area contributed by atoms with Gasteiger partial charge in [-0.25, -0.2) is 4.39 Å². The molecule has 0 aromatic heterocycles. The van der Waals surface area contributed by atoms with Crippen LogP contribution < -0.4 is 5.73 Å². The van der Waals surface area contributed by atoms with Crippen molar-refractivity contribution in [2.75, 3.05) is 18.9 Å². The molecule has 1 fully saturated rings. The van der Waals surface area contributed by atoms with Crippen LogP contribution in [-0.4, -0.2) is 25.0 Å². The van der Waals surface area contributed by atoms with Gasteiger partial charge in [-0.3, -0.25) is 0 Å². The predicted octanol–water partition coefficient (Wildman–Crippen LogP) is 2.60. The fourth-order valence-electron chi connectivity index (χ4n) is 2.02. The van der Waals surface area contributed by atoms with Gasteiger partial charge in [0, 0.05) is 22.8 Å². The Bertz CT molecular complexity index is 366. The van der Waals surface area contributed by atoms with Gasteiger partial charge in [-0.15, -0.1) is 11.8 Å². The molecule has 1 aliphatic rings. The highest BCUT2D eigenvalue weighted by Crippen LogP contribution is 2.28. The summed E-state index contributed by atoms with van der Waals surface area (Å²) in [4.78, 5) is 1.01. The molecule has 0 bridgehead atoms. The molecule has 94 valence electrons. The molecule has 1 aromatic rings. The Labute approximate surface area is 106 Å². The fourth-order valence-corrected chi connectivity index (χ4v) is 3.20. The predicted molar refractivity (Wildman–Crippen MR) is 68.9 cm³/mol. The lowest BCUT2D eigenvalue weighted by Gasteiger charge is -2.12. The Hall–Kier alpha value is -0.580. The SMILES string of the molecule is NCCc1c(F)cccc1SCC1CCCO1. The van der Waals surface area contributed by atoms with Crippen molar-refractivity contribution in [2.45, 2.75) is 30.3 Å².